The molecule has 1 heterocycles. The maximum Gasteiger partial charge on any atom is 0.263 e. The summed E-state index contributed by atoms with van der Waals surface area (Å²) in [4.78, 5) is 0. The molecule has 0 fully saturated rings. The molecule has 2 nitrogen and oxygen atoms in total. The second-order valence-electron chi connectivity index (χ2n) is 4.42. The molecule has 0 saturated carbocycles. The summed E-state index contributed by atoms with van der Waals surface area (Å²) in [5.41, 5.74) is 0.999. The second-order valence-corrected chi connectivity index (χ2v) is 5.23. The van der Waals surface area contributed by atoms with Crippen molar-refractivity contribution >= 4 is 27.4 Å². The lowest BCUT2D eigenvalue weighted by molar-refractivity contribution is 0.151. The van der Waals surface area contributed by atoms with Crippen molar-refractivity contribution < 1.29 is 8.78 Å². The Morgan fingerprint density at radius 3 is 2.55 bits per heavy atom. The van der Waals surface area contributed by atoms with Crippen LogP contribution in [0.2, 0.25) is 0 Å². The quantitative estimate of drug-likeness (QED) is 0.743. The standard InChI is InChI=1S/C15H12F2N2S/c16-14(17)11-7-5-10(6-8-11)9-18-15-12-3-1-2-4-13(12)20-19-15/h1-8,14H,9H2,(H,18,19). The largest absolute Gasteiger partial charge is 0.365 e. The van der Waals surface area contributed by atoms with Gasteiger partial charge in [-0.15, -0.1) is 0 Å². The lowest BCUT2D eigenvalue weighted by atomic mass is 10.1. The van der Waals surface area contributed by atoms with Crippen LogP contribution in [-0.2, 0) is 6.54 Å². The number of aromatic nitrogens is 1. The summed E-state index contributed by atoms with van der Waals surface area (Å²) in [6.45, 7) is 0.567. The summed E-state index contributed by atoms with van der Waals surface area (Å²) in [5, 5.41) is 4.33. The summed E-state index contributed by atoms with van der Waals surface area (Å²) < 4.78 is 30.4. The number of benzene rings is 2. The van der Waals surface area contributed by atoms with E-state index in [0.29, 0.717) is 6.54 Å². The van der Waals surface area contributed by atoms with Crippen molar-refractivity contribution in [2.75, 3.05) is 5.32 Å². The molecular weight excluding hydrogens is 278 g/mol. The fraction of sp³-hybridized carbons (Fsp3) is 0.133. The van der Waals surface area contributed by atoms with E-state index in [1.165, 1.54) is 23.7 Å². The number of fused-ring (bicyclic) bond motifs is 1. The molecule has 0 atom stereocenters. The molecule has 3 aromatic rings. The minimum absolute atomic E-state index is 0.0489. The Labute approximate surface area is 119 Å². The Hall–Kier alpha value is -2.01. The third kappa shape index (κ3) is 2.63. The molecule has 1 aromatic heterocycles. The fourth-order valence-electron chi connectivity index (χ4n) is 1.98. The summed E-state index contributed by atoms with van der Waals surface area (Å²) in [5.74, 6) is 0.837. The van der Waals surface area contributed by atoms with Crippen LogP contribution in [-0.4, -0.2) is 4.37 Å². The average Bonchev–Trinajstić information content (AvgIpc) is 2.89. The van der Waals surface area contributed by atoms with Crippen LogP contribution in [0.1, 0.15) is 17.6 Å². The molecule has 0 spiro atoms. The zero-order valence-corrected chi connectivity index (χ0v) is 11.3. The number of rotatable bonds is 4. The van der Waals surface area contributed by atoms with Crippen molar-refractivity contribution in [2.24, 2.45) is 0 Å². The van der Waals surface area contributed by atoms with Crippen LogP contribution in [0.5, 0.6) is 0 Å². The first-order valence-corrected chi connectivity index (χ1v) is 6.96. The Morgan fingerprint density at radius 2 is 1.80 bits per heavy atom. The van der Waals surface area contributed by atoms with Gasteiger partial charge in [-0.2, -0.15) is 4.37 Å². The normalized spacial score (nSPS) is 11.2. The van der Waals surface area contributed by atoms with Crippen molar-refractivity contribution in [3.05, 3.63) is 59.7 Å². The molecule has 2 aromatic carbocycles. The first-order valence-electron chi connectivity index (χ1n) is 6.19. The van der Waals surface area contributed by atoms with E-state index in [0.717, 1.165) is 21.5 Å². The Bertz CT molecular complexity index is 707. The maximum absolute atomic E-state index is 12.5. The number of alkyl halides is 2. The smallest absolute Gasteiger partial charge is 0.263 e. The molecule has 1 N–H and O–H groups in total. The van der Waals surface area contributed by atoms with Gasteiger partial charge in [-0.3, -0.25) is 0 Å². The van der Waals surface area contributed by atoms with Gasteiger partial charge >= 0.3 is 0 Å². The minimum atomic E-state index is -2.42. The fourth-order valence-corrected chi connectivity index (χ4v) is 2.74. The third-order valence-electron chi connectivity index (χ3n) is 3.07. The van der Waals surface area contributed by atoms with E-state index in [2.05, 4.69) is 9.69 Å². The van der Waals surface area contributed by atoms with E-state index in [4.69, 9.17) is 0 Å². The van der Waals surface area contributed by atoms with Crippen LogP contribution in [0.15, 0.2) is 48.5 Å². The van der Waals surface area contributed by atoms with Gasteiger partial charge in [0.1, 0.15) is 5.82 Å². The van der Waals surface area contributed by atoms with E-state index in [9.17, 15) is 8.78 Å². The van der Waals surface area contributed by atoms with Gasteiger partial charge in [0.2, 0.25) is 0 Å². The highest BCUT2D eigenvalue weighted by Gasteiger charge is 2.07. The van der Waals surface area contributed by atoms with Gasteiger partial charge in [-0.05, 0) is 29.2 Å². The van der Waals surface area contributed by atoms with E-state index >= 15 is 0 Å². The predicted octanol–water partition coefficient (Wildman–Crippen LogP) is 4.85. The van der Waals surface area contributed by atoms with Gasteiger partial charge in [0.15, 0.2) is 0 Å². The lowest BCUT2D eigenvalue weighted by Gasteiger charge is -2.05. The second kappa shape index (κ2) is 5.54. The molecule has 0 bridgehead atoms. The molecule has 0 radical (unpaired) electrons. The number of anilines is 1. The van der Waals surface area contributed by atoms with Gasteiger partial charge < -0.3 is 5.32 Å². The van der Waals surface area contributed by atoms with E-state index in [-0.39, 0.29) is 5.56 Å². The summed E-state index contributed by atoms with van der Waals surface area (Å²) >= 11 is 1.44. The number of nitrogens with one attached hydrogen (secondary N) is 1. The zero-order valence-electron chi connectivity index (χ0n) is 10.5. The van der Waals surface area contributed by atoms with E-state index in [1.807, 2.05) is 24.3 Å². The summed E-state index contributed by atoms with van der Waals surface area (Å²) in [6, 6.07) is 14.3. The first-order chi connectivity index (χ1) is 9.74. The SMILES string of the molecule is FC(F)c1ccc(CNc2nsc3ccccc23)cc1. The Balaban J connectivity index is 1.73. The highest BCUT2D eigenvalue weighted by Crippen LogP contribution is 2.26. The number of hydrogen-bond donors (Lipinski definition) is 1. The monoisotopic (exact) mass is 290 g/mol. The van der Waals surface area contributed by atoms with E-state index in [1.54, 1.807) is 12.1 Å². The van der Waals surface area contributed by atoms with Crippen molar-refractivity contribution in [3.8, 4) is 0 Å². The van der Waals surface area contributed by atoms with Crippen LogP contribution in [0.25, 0.3) is 10.1 Å². The van der Waals surface area contributed by atoms with Crippen LogP contribution >= 0.6 is 11.5 Å². The van der Waals surface area contributed by atoms with Gasteiger partial charge in [-0.25, -0.2) is 8.78 Å². The molecule has 20 heavy (non-hydrogen) atoms. The van der Waals surface area contributed by atoms with Gasteiger partial charge in [0, 0.05) is 17.5 Å². The molecule has 5 heteroatoms. The van der Waals surface area contributed by atoms with Gasteiger partial charge in [-0.1, -0.05) is 36.4 Å². The van der Waals surface area contributed by atoms with Crippen LogP contribution in [0, 0.1) is 0 Å². The van der Waals surface area contributed by atoms with Crippen LogP contribution in [0.4, 0.5) is 14.6 Å². The maximum atomic E-state index is 12.5. The molecule has 0 aliphatic carbocycles. The minimum Gasteiger partial charge on any atom is -0.365 e. The molecule has 3 rings (SSSR count). The number of halogens is 2. The number of hydrogen-bond acceptors (Lipinski definition) is 3. The lowest BCUT2D eigenvalue weighted by Crippen LogP contribution is -2.00. The van der Waals surface area contributed by atoms with Crippen molar-refractivity contribution in [3.63, 3.8) is 0 Å². The van der Waals surface area contributed by atoms with E-state index < -0.39 is 6.43 Å². The van der Waals surface area contributed by atoms with Crippen molar-refractivity contribution in [2.45, 2.75) is 13.0 Å². The molecular formula is C15H12F2N2S. The third-order valence-corrected chi connectivity index (χ3v) is 3.90. The zero-order chi connectivity index (χ0) is 13.9. The topological polar surface area (TPSA) is 24.9 Å². The average molecular weight is 290 g/mol. The molecule has 102 valence electrons. The van der Waals surface area contributed by atoms with Gasteiger partial charge in [0.05, 0.1) is 4.70 Å². The van der Waals surface area contributed by atoms with Crippen molar-refractivity contribution in [1.29, 1.82) is 0 Å². The Kier molecular flexibility index (Phi) is 3.60. The summed E-state index contributed by atoms with van der Waals surface area (Å²) in [7, 11) is 0. The van der Waals surface area contributed by atoms with Crippen LogP contribution in [0.3, 0.4) is 0 Å². The molecule has 0 unspecified atom stereocenters. The molecule has 0 saturated heterocycles. The molecule has 0 aliphatic rings. The highest BCUT2D eigenvalue weighted by atomic mass is 32.1. The first kappa shape index (κ1) is 13.0. The molecule has 0 amide bonds. The van der Waals surface area contributed by atoms with Crippen LogP contribution < -0.4 is 5.32 Å². The van der Waals surface area contributed by atoms with Crippen molar-refractivity contribution in [1.82, 2.24) is 4.37 Å². The summed E-state index contributed by atoms with van der Waals surface area (Å²) in [6.07, 6.45) is -2.42. The Morgan fingerprint density at radius 1 is 1.05 bits per heavy atom. The number of nitrogens with zero attached hydrogens (tertiary/aromatic N) is 1. The molecule has 0 aliphatic heterocycles. The highest BCUT2D eigenvalue weighted by molar-refractivity contribution is 7.13. The predicted molar refractivity (Wildman–Crippen MR) is 78.3 cm³/mol. The van der Waals surface area contributed by atoms with Gasteiger partial charge in [0.25, 0.3) is 6.43 Å².